The summed E-state index contributed by atoms with van der Waals surface area (Å²) >= 11 is 0. The van der Waals surface area contributed by atoms with E-state index in [9.17, 15) is 21.6 Å². The summed E-state index contributed by atoms with van der Waals surface area (Å²) in [7, 11) is -4.24. The highest BCUT2D eigenvalue weighted by molar-refractivity contribution is 7.89. The van der Waals surface area contributed by atoms with Gasteiger partial charge in [-0.3, -0.25) is 4.79 Å². The quantitative estimate of drug-likeness (QED) is 0.632. The Hall–Kier alpha value is -2.27. The van der Waals surface area contributed by atoms with Gasteiger partial charge in [-0.15, -0.1) is 0 Å². The van der Waals surface area contributed by atoms with Crippen molar-refractivity contribution in [1.82, 2.24) is 8.61 Å². The third-order valence-electron chi connectivity index (χ3n) is 5.01. The Morgan fingerprint density at radius 2 is 1.70 bits per heavy atom. The van der Waals surface area contributed by atoms with Gasteiger partial charge in [-0.05, 0) is 35.7 Å². The molecule has 2 aromatic rings. The van der Waals surface area contributed by atoms with Crippen molar-refractivity contribution >= 4 is 31.6 Å². The third-order valence-corrected chi connectivity index (χ3v) is 8.02. The lowest BCUT2D eigenvalue weighted by molar-refractivity contribution is -0.118. The van der Waals surface area contributed by atoms with Crippen LogP contribution in [0.3, 0.4) is 0 Å². The van der Waals surface area contributed by atoms with Gasteiger partial charge < -0.3 is 4.90 Å². The molecule has 30 heavy (non-hydrogen) atoms. The van der Waals surface area contributed by atoms with Gasteiger partial charge >= 0.3 is 0 Å². The predicted molar refractivity (Wildman–Crippen MR) is 115 cm³/mol. The lowest BCUT2D eigenvalue weighted by Gasteiger charge is -2.24. The number of carbonyl (C=O) groups is 1. The fourth-order valence-corrected chi connectivity index (χ4v) is 5.00. The molecule has 0 spiro atoms. The van der Waals surface area contributed by atoms with E-state index in [4.69, 9.17) is 0 Å². The molecule has 0 fully saturated rings. The predicted octanol–water partition coefficient (Wildman–Crippen LogP) is 1.29. The fraction of sp³-hybridized carbons (Fsp3) is 0.350. The van der Waals surface area contributed by atoms with Crippen molar-refractivity contribution < 1.29 is 21.6 Å². The SMILES string of the molecule is CN(C)S(=O)(=O)c1ccc2c(c1)CCN2C(=O)CN(Cc1ccccc1)S(C)(=O)=O. The van der Waals surface area contributed by atoms with Gasteiger partial charge in [0.15, 0.2) is 0 Å². The molecule has 0 saturated carbocycles. The van der Waals surface area contributed by atoms with Gasteiger partial charge in [-0.2, -0.15) is 4.31 Å². The summed E-state index contributed by atoms with van der Waals surface area (Å²) in [5, 5.41) is 0. The molecular formula is C20H25N3O5S2. The first-order valence-electron chi connectivity index (χ1n) is 9.35. The van der Waals surface area contributed by atoms with E-state index in [1.807, 2.05) is 18.2 Å². The molecule has 0 aliphatic carbocycles. The molecule has 1 aliphatic rings. The highest BCUT2D eigenvalue weighted by Crippen LogP contribution is 2.31. The van der Waals surface area contributed by atoms with Crippen LogP contribution >= 0.6 is 0 Å². The van der Waals surface area contributed by atoms with E-state index in [-0.39, 0.29) is 23.9 Å². The summed E-state index contributed by atoms with van der Waals surface area (Å²) in [6.45, 7) is 0.194. The first-order valence-corrected chi connectivity index (χ1v) is 12.6. The molecule has 10 heteroatoms. The molecule has 0 unspecified atom stereocenters. The first kappa shape index (κ1) is 22.4. The van der Waals surface area contributed by atoms with Crippen molar-refractivity contribution in [2.24, 2.45) is 0 Å². The van der Waals surface area contributed by atoms with Crippen molar-refractivity contribution in [3.63, 3.8) is 0 Å². The van der Waals surface area contributed by atoms with E-state index < -0.39 is 20.0 Å². The van der Waals surface area contributed by atoms with Gasteiger partial charge in [0.05, 0.1) is 17.7 Å². The van der Waals surface area contributed by atoms with E-state index in [0.717, 1.165) is 26.0 Å². The van der Waals surface area contributed by atoms with E-state index >= 15 is 0 Å². The molecule has 1 aliphatic heterocycles. The van der Waals surface area contributed by atoms with E-state index in [1.54, 1.807) is 24.3 Å². The van der Waals surface area contributed by atoms with Gasteiger partial charge in [0.25, 0.3) is 0 Å². The maximum atomic E-state index is 12.9. The van der Waals surface area contributed by atoms with Crippen molar-refractivity contribution in [2.75, 3.05) is 38.3 Å². The average molecular weight is 452 g/mol. The van der Waals surface area contributed by atoms with Crippen LogP contribution in [0.25, 0.3) is 0 Å². The minimum absolute atomic E-state index is 0.103. The number of benzene rings is 2. The van der Waals surface area contributed by atoms with Gasteiger partial charge in [-0.1, -0.05) is 30.3 Å². The van der Waals surface area contributed by atoms with Crippen LogP contribution in [0.4, 0.5) is 5.69 Å². The highest BCUT2D eigenvalue weighted by Gasteiger charge is 2.30. The van der Waals surface area contributed by atoms with E-state index in [2.05, 4.69) is 0 Å². The minimum Gasteiger partial charge on any atom is -0.311 e. The number of nitrogens with zero attached hydrogens (tertiary/aromatic N) is 3. The summed E-state index contributed by atoms with van der Waals surface area (Å²) in [5.41, 5.74) is 2.15. The molecule has 0 radical (unpaired) electrons. The number of rotatable bonds is 7. The summed E-state index contributed by atoms with van der Waals surface area (Å²) in [6.07, 6.45) is 1.59. The lowest BCUT2D eigenvalue weighted by atomic mass is 10.2. The van der Waals surface area contributed by atoms with Crippen LogP contribution in [0, 0.1) is 0 Å². The van der Waals surface area contributed by atoms with E-state index in [1.165, 1.54) is 25.1 Å². The standard InChI is InChI=1S/C20H25N3O5S2/c1-21(2)30(27,28)18-9-10-19-17(13-18)11-12-23(19)20(24)15-22(29(3,25)26)14-16-7-5-4-6-8-16/h4-10,13H,11-12,14-15H2,1-3H3. The van der Waals surface area contributed by atoms with Crippen LogP contribution in [-0.2, 0) is 37.8 Å². The largest absolute Gasteiger partial charge is 0.311 e. The Bertz CT molecular complexity index is 1150. The van der Waals surface area contributed by atoms with Crippen LogP contribution < -0.4 is 4.90 Å². The van der Waals surface area contributed by atoms with Gasteiger partial charge in [0, 0.05) is 32.9 Å². The summed E-state index contributed by atoms with van der Waals surface area (Å²) < 4.78 is 51.5. The smallest absolute Gasteiger partial charge is 0.242 e. The van der Waals surface area contributed by atoms with Crippen LogP contribution in [0.5, 0.6) is 0 Å². The Morgan fingerprint density at radius 3 is 2.30 bits per heavy atom. The number of anilines is 1. The number of hydrogen-bond acceptors (Lipinski definition) is 5. The molecule has 1 heterocycles. The van der Waals surface area contributed by atoms with Crippen LogP contribution in [0.2, 0.25) is 0 Å². The zero-order valence-electron chi connectivity index (χ0n) is 17.1. The van der Waals surface area contributed by atoms with Crippen LogP contribution in [0.1, 0.15) is 11.1 Å². The zero-order valence-corrected chi connectivity index (χ0v) is 18.8. The number of amides is 1. The van der Waals surface area contributed by atoms with Crippen molar-refractivity contribution in [2.45, 2.75) is 17.9 Å². The number of sulfonamides is 2. The maximum absolute atomic E-state index is 12.9. The fourth-order valence-electron chi connectivity index (χ4n) is 3.32. The normalized spacial score (nSPS) is 14.4. The average Bonchev–Trinajstić information content (AvgIpc) is 3.10. The summed E-state index contributed by atoms with van der Waals surface area (Å²) in [6, 6.07) is 13.7. The number of hydrogen-bond donors (Lipinski definition) is 0. The lowest BCUT2D eigenvalue weighted by Crippen LogP contribution is -2.41. The van der Waals surface area contributed by atoms with Crippen LogP contribution in [0.15, 0.2) is 53.4 Å². The Labute approximate surface area is 177 Å². The Morgan fingerprint density at radius 1 is 1.03 bits per heavy atom. The molecule has 162 valence electrons. The van der Waals surface area contributed by atoms with Crippen molar-refractivity contribution in [3.05, 3.63) is 59.7 Å². The third kappa shape index (κ3) is 4.72. The minimum atomic E-state index is -3.60. The zero-order chi connectivity index (χ0) is 22.1. The molecule has 1 amide bonds. The molecule has 0 saturated heterocycles. The Balaban J connectivity index is 1.81. The molecular weight excluding hydrogens is 426 g/mol. The van der Waals surface area contributed by atoms with E-state index in [0.29, 0.717) is 18.7 Å². The first-order chi connectivity index (χ1) is 14.0. The molecule has 2 aromatic carbocycles. The molecule has 0 bridgehead atoms. The molecule has 3 rings (SSSR count). The van der Waals surface area contributed by atoms with Gasteiger partial charge in [0.1, 0.15) is 0 Å². The number of carbonyl (C=O) groups excluding carboxylic acids is 1. The van der Waals surface area contributed by atoms with Crippen molar-refractivity contribution in [3.8, 4) is 0 Å². The second-order valence-corrected chi connectivity index (χ2v) is 11.5. The summed E-state index contributed by atoms with van der Waals surface area (Å²) in [4.78, 5) is 14.6. The molecule has 8 nitrogen and oxygen atoms in total. The monoisotopic (exact) mass is 451 g/mol. The maximum Gasteiger partial charge on any atom is 0.242 e. The number of fused-ring (bicyclic) bond motifs is 1. The summed E-state index contributed by atoms with van der Waals surface area (Å²) in [5.74, 6) is -0.349. The second kappa shape index (κ2) is 8.46. The molecule has 0 atom stereocenters. The van der Waals surface area contributed by atoms with Crippen molar-refractivity contribution in [1.29, 1.82) is 0 Å². The topological polar surface area (TPSA) is 95.1 Å². The highest BCUT2D eigenvalue weighted by atomic mass is 32.2. The second-order valence-electron chi connectivity index (χ2n) is 7.39. The molecule has 0 N–H and O–H groups in total. The Kier molecular flexibility index (Phi) is 6.32. The molecule has 0 aromatic heterocycles. The van der Waals surface area contributed by atoms with Gasteiger partial charge in [-0.25, -0.2) is 21.1 Å². The van der Waals surface area contributed by atoms with Gasteiger partial charge in [0.2, 0.25) is 26.0 Å². The van der Waals surface area contributed by atoms with Crippen LogP contribution in [-0.4, -0.2) is 64.8 Å².